The fourth-order valence-corrected chi connectivity index (χ4v) is 5.69. The molecule has 29 heavy (non-hydrogen) atoms. The molecule has 1 saturated carbocycles. The average Bonchev–Trinajstić information content (AvgIpc) is 2.70. The molecule has 1 aromatic carbocycles. The first kappa shape index (κ1) is 26.3. The van der Waals surface area contributed by atoms with Gasteiger partial charge < -0.3 is 10.6 Å². The van der Waals surface area contributed by atoms with E-state index in [-0.39, 0.29) is 46.7 Å². The zero-order valence-corrected chi connectivity index (χ0v) is 21.3. The summed E-state index contributed by atoms with van der Waals surface area (Å²) >= 11 is 0. The van der Waals surface area contributed by atoms with Gasteiger partial charge in [0.2, 0.25) is 10.0 Å². The minimum absolute atomic E-state index is 0. The fourth-order valence-electron chi connectivity index (χ4n) is 3.31. The summed E-state index contributed by atoms with van der Waals surface area (Å²) in [4.78, 5) is 4.48. The molecule has 7 nitrogen and oxygen atoms in total. The molecule has 2 rings (SSSR count). The van der Waals surface area contributed by atoms with Crippen molar-refractivity contribution in [3.8, 4) is 0 Å². The highest BCUT2D eigenvalue weighted by atomic mass is 127. The van der Waals surface area contributed by atoms with Crippen LogP contribution in [-0.4, -0.2) is 55.8 Å². The summed E-state index contributed by atoms with van der Waals surface area (Å²) in [6.45, 7) is 4.55. The lowest BCUT2D eigenvalue weighted by atomic mass is 9.95. The molecular formula is C19H33IN4O3S2. The van der Waals surface area contributed by atoms with Gasteiger partial charge in [0.05, 0.1) is 4.90 Å². The summed E-state index contributed by atoms with van der Waals surface area (Å²) in [5.74, 6) is 1.34. The highest BCUT2D eigenvalue weighted by molar-refractivity contribution is 14.0. The number of aliphatic imine (C=N–C) groups is 1. The lowest BCUT2D eigenvalue weighted by Gasteiger charge is -2.30. The van der Waals surface area contributed by atoms with Crippen LogP contribution in [0.15, 0.2) is 34.2 Å². The van der Waals surface area contributed by atoms with Crippen molar-refractivity contribution in [2.75, 3.05) is 25.9 Å². The van der Waals surface area contributed by atoms with Crippen LogP contribution >= 0.6 is 24.0 Å². The Morgan fingerprint density at radius 3 is 2.52 bits per heavy atom. The Morgan fingerprint density at radius 1 is 1.21 bits per heavy atom. The monoisotopic (exact) mass is 556 g/mol. The highest BCUT2D eigenvalue weighted by Crippen LogP contribution is 2.22. The van der Waals surface area contributed by atoms with Crippen LogP contribution in [-0.2, 0) is 20.8 Å². The Hall–Kier alpha value is -0.720. The summed E-state index contributed by atoms with van der Waals surface area (Å²) in [6, 6.07) is 7.00. The van der Waals surface area contributed by atoms with Crippen molar-refractivity contribution in [1.82, 2.24) is 15.4 Å². The minimum atomic E-state index is -3.51. The fraction of sp³-hybridized carbons (Fsp3) is 0.632. The summed E-state index contributed by atoms with van der Waals surface area (Å²) in [7, 11) is -2.59. The molecule has 166 valence electrons. The standard InChI is InChI=1S/C19H32N4O3S2.HI/c1-4-27(24)17-7-5-6-16(14-17)23-19(20-3)21-12-13-22-28(25,26)18-10-8-15(2)9-11-18;/h8-11,16-17,22H,4-7,12-14H2,1-3H3,(H2,20,21,23);1H. The van der Waals surface area contributed by atoms with Crippen LogP contribution in [0.25, 0.3) is 0 Å². The zero-order valence-electron chi connectivity index (χ0n) is 17.3. The molecule has 1 aromatic rings. The lowest BCUT2D eigenvalue weighted by Crippen LogP contribution is -2.48. The lowest BCUT2D eigenvalue weighted by molar-refractivity contribution is 0.413. The van der Waals surface area contributed by atoms with E-state index in [0.717, 1.165) is 31.2 Å². The molecule has 3 N–H and O–H groups in total. The predicted octanol–water partition coefficient (Wildman–Crippen LogP) is 2.14. The number of guanidine groups is 1. The van der Waals surface area contributed by atoms with Crippen LogP contribution in [0.4, 0.5) is 0 Å². The van der Waals surface area contributed by atoms with Crippen molar-refractivity contribution in [3.63, 3.8) is 0 Å². The summed E-state index contributed by atoms with van der Waals surface area (Å²) in [6.07, 6.45) is 3.98. The van der Waals surface area contributed by atoms with Crippen LogP contribution < -0.4 is 15.4 Å². The molecule has 0 aromatic heterocycles. The van der Waals surface area contributed by atoms with Gasteiger partial charge in [-0.2, -0.15) is 0 Å². The molecule has 0 saturated heterocycles. The Balaban J connectivity index is 0.00000420. The van der Waals surface area contributed by atoms with Crippen LogP contribution in [0.3, 0.4) is 0 Å². The maximum atomic E-state index is 12.3. The van der Waals surface area contributed by atoms with Crippen molar-refractivity contribution >= 4 is 50.8 Å². The highest BCUT2D eigenvalue weighted by Gasteiger charge is 2.26. The number of hydrogen-bond donors (Lipinski definition) is 3. The van der Waals surface area contributed by atoms with Gasteiger partial charge in [-0.05, 0) is 38.3 Å². The average molecular weight is 557 g/mol. The maximum absolute atomic E-state index is 12.3. The van der Waals surface area contributed by atoms with E-state index in [2.05, 4.69) is 20.3 Å². The predicted molar refractivity (Wildman–Crippen MR) is 131 cm³/mol. The number of benzene rings is 1. The Kier molecular flexibility index (Phi) is 11.7. The van der Waals surface area contributed by atoms with Crippen molar-refractivity contribution in [1.29, 1.82) is 0 Å². The van der Waals surface area contributed by atoms with Gasteiger partial charge in [-0.25, -0.2) is 13.1 Å². The molecule has 1 aliphatic rings. The van der Waals surface area contributed by atoms with E-state index in [1.54, 1.807) is 31.3 Å². The molecule has 0 bridgehead atoms. The van der Waals surface area contributed by atoms with E-state index < -0.39 is 20.8 Å². The van der Waals surface area contributed by atoms with E-state index in [9.17, 15) is 12.6 Å². The Labute approximate surface area is 194 Å². The number of nitrogens with zero attached hydrogens (tertiary/aromatic N) is 1. The van der Waals surface area contributed by atoms with Gasteiger partial charge in [0.15, 0.2) is 5.96 Å². The van der Waals surface area contributed by atoms with Crippen molar-refractivity contribution in [3.05, 3.63) is 29.8 Å². The smallest absolute Gasteiger partial charge is 0.240 e. The van der Waals surface area contributed by atoms with E-state index in [1.807, 2.05) is 13.8 Å². The summed E-state index contributed by atoms with van der Waals surface area (Å²) < 4.78 is 39.3. The molecular weight excluding hydrogens is 523 g/mol. The molecule has 0 radical (unpaired) electrons. The number of sulfonamides is 1. The third-order valence-corrected chi connectivity index (χ3v) is 8.11. The maximum Gasteiger partial charge on any atom is 0.240 e. The van der Waals surface area contributed by atoms with Gasteiger partial charge in [0.25, 0.3) is 0 Å². The van der Waals surface area contributed by atoms with E-state index in [1.165, 1.54) is 0 Å². The second-order valence-corrected chi connectivity index (χ2v) is 10.8. The second kappa shape index (κ2) is 12.9. The van der Waals surface area contributed by atoms with Gasteiger partial charge in [-0.15, -0.1) is 24.0 Å². The quantitative estimate of drug-likeness (QED) is 0.197. The van der Waals surface area contributed by atoms with Crippen LogP contribution in [0, 0.1) is 6.92 Å². The Bertz CT molecular complexity index is 785. The number of rotatable bonds is 8. The first-order valence-electron chi connectivity index (χ1n) is 9.76. The van der Waals surface area contributed by atoms with E-state index in [4.69, 9.17) is 0 Å². The normalized spacial score (nSPS) is 21.1. The van der Waals surface area contributed by atoms with E-state index >= 15 is 0 Å². The Morgan fingerprint density at radius 2 is 1.90 bits per heavy atom. The molecule has 3 unspecified atom stereocenters. The summed E-state index contributed by atoms with van der Waals surface area (Å²) in [5.41, 5.74) is 1.02. The van der Waals surface area contributed by atoms with Gasteiger partial charge in [0.1, 0.15) is 0 Å². The number of halogens is 1. The number of aryl methyl sites for hydroxylation is 1. The van der Waals surface area contributed by atoms with Gasteiger partial charge in [-0.1, -0.05) is 31.0 Å². The minimum Gasteiger partial charge on any atom is -0.355 e. The molecule has 1 fully saturated rings. The van der Waals surface area contributed by atoms with Crippen LogP contribution in [0.1, 0.15) is 38.2 Å². The third-order valence-electron chi connectivity index (χ3n) is 4.89. The van der Waals surface area contributed by atoms with Crippen LogP contribution in [0.5, 0.6) is 0 Å². The number of hydrogen-bond acceptors (Lipinski definition) is 4. The van der Waals surface area contributed by atoms with Crippen molar-refractivity contribution in [2.45, 2.75) is 55.7 Å². The molecule has 0 spiro atoms. The zero-order chi connectivity index (χ0) is 20.6. The summed E-state index contributed by atoms with van der Waals surface area (Å²) in [5, 5.41) is 6.77. The van der Waals surface area contributed by atoms with Gasteiger partial charge in [-0.3, -0.25) is 9.20 Å². The SMILES string of the molecule is CCS(=O)C1CCCC(NC(=NC)NCCNS(=O)(=O)c2ccc(C)cc2)C1.I. The molecule has 0 amide bonds. The van der Waals surface area contributed by atoms with Gasteiger partial charge >= 0.3 is 0 Å². The largest absolute Gasteiger partial charge is 0.355 e. The molecule has 10 heteroatoms. The first-order chi connectivity index (χ1) is 13.4. The topological polar surface area (TPSA) is 99.7 Å². The van der Waals surface area contributed by atoms with E-state index in [0.29, 0.717) is 18.3 Å². The molecule has 1 aliphatic carbocycles. The third kappa shape index (κ3) is 8.50. The van der Waals surface area contributed by atoms with Crippen LogP contribution in [0.2, 0.25) is 0 Å². The second-order valence-electron chi connectivity index (χ2n) is 7.01. The molecule has 3 atom stereocenters. The molecule has 0 aliphatic heterocycles. The van der Waals surface area contributed by atoms with Crippen molar-refractivity contribution in [2.24, 2.45) is 4.99 Å². The number of nitrogens with one attached hydrogen (secondary N) is 3. The van der Waals surface area contributed by atoms with Gasteiger partial charge in [0, 0.05) is 48.0 Å². The van der Waals surface area contributed by atoms with Crippen molar-refractivity contribution < 1.29 is 12.6 Å². The molecule has 0 heterocycles. The first-order valence-corrected chi connectivity index (χ1v) is 12.6.